The zero-order valence-corrected chi connectivity index (χ0v) is 12.8. The van der Waals surface area contributed by atoms with Gasteiger partial charge in [-0.1, -0.05) is 11.8 Å². The molecule has 0 aromatic heterocycles. The quantitative estimate of drug-likeness (QED) is 0.870. The Kier molecular flexibility index (Phi) is 5.66. The molecule has 1 aromatic rings. The molecule has 1 unspecified atom stereocenters. The van der Waals surface area contributed by atoms with Crippen molar-refractivity contribution in [1.82, 2.24) is 4.90 Å². The molecule has 1 saturated heterocycles. The van der Waals surface area contributed by atoms with Crippen LogP contribution in [0.4, 0.5) is 4.39 Å². The van der Waals surface area contributed by atoms with Crippen LogP contribution in [0.25, 0.3) is 0 Å². The molecule has 0 saturated carbocycles. The lowest BCUT2D eigenvalue weighted by molar-refractivity contribution is 0.0743. The van der Waals surface area contributed by atoms with E-state index in [-0.39, 0.29) is 24.1 Å². The minimum atomic E-state index is -0.548. The largest absolute Gasteiger partial charge is 0.395 e. The lowest BCUT2D eigenvalue weighted by atomic mass is 10.1. The number of rotatable bonds is 3. The number of benzene rings is 1. The Labute approximate surface area is 128 Å². The summed E-state index contributed by atoms with van der Waals surface area (Å²) in [6.07, 6.45) is 1.31. The molecule has 2 rings (SSSR count). The van der Waals surface area contributed by atoms with Crippen molar-refractivity contribution in [2.24, 2.45) is 0 Å². The second kappa shape index (κ2) is 7.48. The standard InChI is InChI=1S/C16H18FNO2S/c1-18(13-7-9-21-11-13)16(20)14-6-5-12(10-15(14)17)4-2-3-8-19/h5-6,10,13,19H,3,7-9,11H2,1H3. The molecule has 1 N–H and O–H groups in total. The molecule has 0 aliphatic carbocycles. The number of amides is 1. The molecule has 3 nitrogen and oxygen atoms in total. The van der Waals surface area contributed by atoms with Gasteiger partial charge in [0.2, 0.25) is 0 Å². The van der Waals surface area contributed by atoms with Crippen LogP contribution in [0.15, 0.2) is 18.2 Å². The lowest BCUT2D eigenvalue weighted by Gasteiger charge is -2.24. The normalized spacial score (nSPS) is 17.2. The van der Waals surface area contributed by atoms with Gasteiger partial charge in [0.1, 0.15) is 5.82 Å². The number of aliphatic hydroxyl groups excluding tert-OH is 1. The van der Waals surface area contributed by atoms with Crippen LogP contribution in [0.2, 0.25) is 0 Å². The molecule has 1 aromatic carbocycles. The molecule has 1 aliphatic heterocycles. The van der Waals surface area contributed by atoms with Crippen LogP contribution >= 0.6 is 11.8 Å². The maximum absolute atomic E-state index is 14.1. The summed E-state index contributed by atoms with van der Waals surface area (Å²) in [5.74, 6) is 6.62. The van der Waals surface area contributed by atoms with E-state index in [1.807, 2.05) is 11.8 Å². The number of thioether (sulfide) groups is 1. The number of aliphatic hydroxyl groups is 1. The van der Waals surface area contributed by atoms with E-state index in [1.165, 1.54) is 12.1 Å². The summed E-state index contributed by atoms with van der Waals surface area (Å²) in [4.78, 5) is 14.0. The van der Waals surface area contributed by atoms with E-state index in [0.29, 0.717) is 12.0 Å². The average molecular weight is 307 g/mol. The van der Waals surface area contributed by atoms with Gasteiger partial charge in [-0.3, -0.25) is 4.79 Å². The highest BCUT2D eigenvalue weighted by molar-refractivity contribution is 7.99. The first-order chi connectivity index (χ1) is 10.1. The second-order valence-corrected chi connectivity index (χ2v) is 6.05. The van der Waals surface area contributed by atoms with E-state index in [9.17, 15) is 9.18 Å². The van der Waals surface area contributed by atoms with Gasteiger partial charge >= 0.3 is 0 Å². The highest BCUT2D eigenvalue weighted by Gasteiger charge is 2.26. The molecule has 1 amide bonds. The number of hydrogen-bond donors (Lipinski definition) is 1. The first kappa shape index (κ1) is 15.9. The Morgan fingerprint density at radius 2 is 2.38 bits per heavy atom. The predicted octanol–water partition coefficient (Wildman–Crippen LogP) is 2.14. The third-order valence-corrected chi connectivity index (χ3v) is 4.59. The molecule has 1 atom stereocenters. The summed E-state index contributed by atoms with van der Waals surface area (Å²) in [7, 11) is 1.73. The van der Waals surface area contributed by atoms with Crippen molar-refractivity contribution in [1.29, 1.82) is 0 Å². The number of carbonyl (C=O) groups is 1. The summed E-state index contributed by atoms with van der Waals surface area (Å²) in [5.41, 5.74) is 0.596. The van der Waals surface area contributed by atoms with Gasteiger partial charge in [-0.25, -0.2) is 4.39 Å². The van der Waals surface area contributed by atoms with E-state index in [0.717, 1.165) is 17.9 Å². The SMILES string of the molecule is CN(C(=O)c1ccc(C#CCCO)cc1F)C1CCSC1. The summed E-state index contributed by atoms with van der Waals surface area (Å²) in [5, 5.41) is 8.65. The summed E-state index contributed by atoms with van der Waals surface area (Å²) in [6.45, 7) is -0.0176. The van der Waals surface area contributed by atoms with Crippen molar-refractivity contribution in [3.05, 3.63) is 35.1 Å². The molecule has 0 bridgehead atoms. The van der Waals surface area contributed by atoms with Crippen molar-refractivity contribution < 1.29 is 14.3 Å². The molecular formula is C16H18FNO2S. The highest BCUT2D eigenvalue weighted by Crippen LogP contribution is 2.23. The number of halogens is 1. The first-order valence-electron chi connectivity index (χ1n) is 6.87. The van der Waals surface area contributed by atoms with Crippen molar-refractivity contribution in [2.45, 2.75) is 18.9 Å². The Morgan fingerprint density at radius 3 is 3.00 bits per heavy atom. The Hall–Kier alpha value is -1.51. The third-order valence-electron chi connectivity index (χ3n) is 3.44. The Balaban J connectivity index is 2.13. The van der Waals surface area contributed by atoms with Crippen molar-refractivity contribution >= 4 is 17.7 Å². The van der Waals surface area contributed by atoms with Gasteiger partial charge in [0.25, 0.3) is 5.91 Å². The summed E-state index contributed by atoms with van der Waals surface area (Å²) < 4.78 is 14.1. The van der Waals surface area contributed by atoms with Crippen molar-refractivity contribution in [3.63, 3.8) is 0 Å². The van der Waals surface area contributed by atoms with Crippen LogP contribution in [0.3, 0.4) is 0 Å². The fraction of sp³-hybridized carbons (Fsp3) is 0.438. The smallest absolute Gasteiger partial charge is 0.256 e. The summed E-state index contributed by atoms with van der Waals surface area (Å²) >= 11 is 1.81. The van der Waals surface area contributed by atoms with Crippen LogP contribution in [-0.2, 0) is 0 Å². The molecular weight excluding hydrogens is 289 g/mol. The van der Waals surface area contributed by atoms with Crippen LogP contribution in [0.1, 0.15) is 28.8 Å². The van der Waals surface area contributed by atoms with E-state index in [1.54, 1.807) is 18.0 Å². The third kappa shape index (κ3) is 3.99. The maximum Gasteiger partial charge on any atom is 0.256 e. The second-order valence-electron chi connectivity index (χ2n) is 4.90. The molecule has 112 valence electrons. The van der Waals surface area contributed by atoms with E-state index < -0.39 is 5.82 Å². The van der Waals surface area contributed by atoms with Crippen LogP contribution in [0, 0.1) is 17.7 Å². The van der Waals surface area contributed by atoms with E-state index in [4.69, 9.17) is 5.11 Å². The van der Waals surface area contributed by atoms with E-state index >= 15 is 0 Å². The number of carbonyl (C=O) groups excluding carboxylic acids is 1. The Bertz CT molecular complexity index is 573. The van der Waals surface area contributed by atoms with Crippen LogP contribution in [0.5, 0.6) is 0 Å². The number of nitrogens with zero attached hydrogens (tertiary/aromatic N) is 1. The number of hydrogen-bond acceptors (Lipinski definition) is 3. The van der Waals surface area contributed by atoms with Crippen LogP contribution < -0.4 is 0 Å². The molecule has 1 fully saturated rings. The first-order valence-corrected chi connectivity index (χ1v) is 8.03. The molecule has 0 radical (unpaired) electrons. The van der Waals surface area contributed by atoms with E-state index in [2.05, 4.69) is 11.8 Å². The minimum absolute atomic E-state index is 0.0176. The average Bonchev–Trinajstić information content (AvgIpc) is 3.00. The fourth-order valence-corrected chi connectivity index (χ4v) is 3.44. The Morgan fingerprint density at radius 1 is 1.57 bits per heavy atom. The topological polar surface area (TPSA) is 40.5 Å². The molecule has 5 heteroatoms. The molecule has 21 heavy (non-hydrogen) atoms. The summed E-state index contributed by atoms with van der Waals surface area (Å²) in [6, 6.07) is 4.58. The van der Waals surface area contributed by atoms with Gasteiger partial charge in [-0.05, 0) is 30.4 Å². The van der Waals surface area contributed by atoms with Gasteiger partial charge in [-0.15, -0.1) is 0 Å². The molecule has 1 heterocycles. The van der Waals surface area contributed by atoms with Crippen LogP contribution in [-0.4, -0.2) is 47.1 Å². The lowest BCUT2D eigenvalue weighted by Crippen LogP contribution is -2.37. The maximum atomic E-state index is 14.1. The van der Waals surface area contributed by atoms with Crippen molar-refractivity contribution in [2.75, 3.05) is 25.2 Å². The fourth-order valence-electron chi connectivity index (χ4n) is 2.17. The molecule has 1 aliphatic rings. The zero-order chi connectivity index (χ0) is 15.2. The predicted molar refractivity (Wildman–Crippen MR) is 82.8 cm³/mol. The van der Waals surface area contributed by atoms with Crippen molar-refractivity contribution in [3.8, 4) is 11.8 Å². The molecule has 0 spiro atoms. The van der Waals surface area contributed by atoms with Gasteiger partial charge in [-0.2, -0.15) is 11.8 Å². The monoisotopic (exact) mass is 307 g/mol. The zero-order valence-electron chi connectivity index (χ0n) is 11.9. The van der Waals surface area contributed by atoms with Gasteiger partial charge < -0.3 is 10.0 Å². The highest BCUT2D eigenvalue weighted by atomic mass is 32.2. The van der Waals surface area contributed by atoms with Gasteiger partial charge in [0, 0.05) is 30.8 Å². The van der Waals surface area contributed by atoms with Gasteiger partial charge in [0.05, 0.1) is 12.2 Å². The minimum Gasteiger partial charge on any atom is -0.395 e. The van der Waals surface area contributed by atoms with Gasteiger partial charge in [0.15, 0.2) is 0 Å².